The number of ether oxygens (including phenoxy) is 1. The zero-order valence-electron chi connectivity index (χ0n) is 9.59. The van der Waals surface area contributed by atoms with Crippen molar-refractivity contribution in [2.75, 3.05) is 25.1 Å². The number of nitrogens with one attached hydrogen (secondary N) is 1. The molecule has 16 heavy (non-hydrogen) atoms. The molecular weight excluding hydrogens is 226 g/mol. The van der Waals surface area contributed by atoms with E-state index in [1.165, 1.54) is 6.33 Å². The highest BCUT2D eigenvalue weighted by atomic mass is 35.5. The molecule has 0 atom stereocenters. The molecule has 0 bridgehead atoms. The van der Waals surface area contributed by atoms with E-state index in [9.17, 15) is 0 Å². The molecule has 0 saturated heterocycles. The quantitative estimate of drug-likeness (QED) is 0.472. The zero-order valence-corrected chi connectivity index (χ0v) is 10.3. The molecule has 1 rings (SSSR count). The van der Waals surface area contributed by atoms with Crippen LogP contribution < -0.4 is 5.32 Å². The van der Waals surface area contributed by atoms with Crippen molar-refractivity contribution < 1.29 is 4.74 Å². The first-order chi connectivity index (χ1) is 7.61. The number of halogens is 1. The summed E-state index contributed by atoms with van der Waals surface area (Å²) >= 11 is 5.86. The number of hydrogen-bond acceptors (Lipinski definition) is 4. The third-order valence-corrected chi connectivity index (χ3v) is 2.29. The first-order valence-electron chi connectivity index (χ1n) is 5.04. The predicted octanol–water partition coefficient (Wildman–Crippen LogP) is 2.44. The maximum Gasteiger partial charge on any atom is 0.137 e. The van der Waals surface area contributed by atoms with Crippen molar-refractivity contribution in [3.63, 3.8) is 0 Å². The van der Waals surface area contributed by atoms with E-state index in [0.29, 0.717) is 24.9 Å². The van der Waals surface area contributed by atoms with Crippen molar-refractivity contribution in [3.05, 3.63) is 29.2 Å². The summed E-state index contributed by atoms with van der Waals surface area (Å²) < 4.78 is 5.35. The fourth-order valence-corrected chi connectivity index (χ4v) is 1.23. The van der Waals surface area contributed by atoms with Gasteiger partial charge in [-0.25, -0.2) is 9.97 Å². The van der Waals surface area contributed by atoms with Crippen molar-refractivity contribution in [2.24, 2.45) is 0 Å². The van der Waals surface area contributed by atoms with E-state index in [0.717, 1.165) is 17.0 Å². The second-order valence-electron chi connectivity index (χ2n) is 3.57. The summed E-state index contributed by atoms with van der Waals surface area (Å²) in [7, 11) is 0. The van der Waals surface area contributed by atoms with Crippen LogP contribution in [0, 0.1) is 6.92 Å². The van der Waals surface area contributed by atoms with Gasteiger partial charge in [0, 0.05) is 12.1 Å². The Hall–Kier alpha value is -1.13. The Morgan fingerprint density at radius 3 is 3.00 bits per heavy atom. The van der Waals surface area contributed by atoms with Gasteiger partial charge in [0.2, 0.25) is 0 Å². The summed E-state index contributed by atoms with van der Waals surface area (Å²) in [6.07, 6.45) is 1.44. The molecular formula is C11H16ClN3O. The second-order valence-corrected chi connectivity index (χ2v) is 3.93. The lowest BCUT2D eigenvalue weighted by Gasteiger charge is -2.09. The van der Waals surface area contributed by atoms with E-state index < -0.39 is 0 Å². The smallest absolute Gasteiger partial charge is 0.137 e. The molecule has 1 aromatic rings. The lowest BCUT2D eigenvalue weighted by atomic mass is 10.3. The van der Waals surface area contributed by atoms with Crippen LogP contribution in [0.1, 0.15) is 12.5 Å². The van der Waals surface area contributed by atoms with E-state index in [1.54, 1.807) is 0 Å². The monoisotopic (exact) mass is 241 g/mol. The topological polar surface area (TPSA) is 47.0 Å². The summed E-state index contributed by atoms with van der Waals surface area (Å²) in [5.41, 5.74) is 1.87. The van der Waals surface area contributed by atoms with Gasteiger partial charge in [0.25, 0.3) is 0 Å². The van der Waals surface area contributed by atoms with Crippen molar-refractivity contribution in [1.29, 1.82) is 0 Å². The van der Waals surface area contributed by atoms with Gasteiger partial charge >= 0.3 is 0 Å². The van der Waals surface area contributed by atoms with Gasteiger partial charge in [-0.1, -0.05) is 23.8 Å². The second kappa shape index (κ2) is 6.45. The molecule has 0 aliphatic rings. The average molecular weight is 242 g/mol. The van der Waals surface area contributed by atoms with Crippen LogP contribution in [-0.4, -0.2) is 29.7 Å². The molecule has 0 spiro atoms. The highest BCUT2D eigenvalue weighted by molar-refractivity contribution is 6.30. The van der Waals surface area contributed by atoms with Crippen LogP contribution in [0.2, 0.25) is 5.15 Å². The van der Waals surface area contributed by atoms with Crippen molar-refractivity contribution in [1.82, 2.24) is 9.97 Å². The summed E-state index contributed by atoms with van der Waals surface area (Å²) in [6.45, 7) is 9.44. The van der Waals surface area contributed by atoms with Gasteiger partial charge < -0.3 is 10.1 Å². The highest BCUT2D eigenvalue weighted by Crippen LogP contribution is 2.17. The molecule has 1 N–H and O–H groups in total. The van der Waals surface area contributed by atoms with E-state index in [1.807, 2.05) is 13.8 Å². The molecule has 0 fully saturated rings. The molecule has 4 nitrogen and oxygen atoms in total. The largest absolute Gasteiger partial charge is 0.375 e. The Bertz CT molecular complexity index is 368. The summed E-state index contributed by atoms with van der Waals surface area (Å²) in [6, 6.07) is 0. The molecule has 0 saturated carbocycles. The minimum Gasteiger partial charge on any atom is -0.375 e. The van der Waals surface area contributed by atoms with Gasteiger partial charge in [-0.3, -0.25) is 0 Å². The van der Waals surface area contributed by atoms with E-state index in [2.05, 4.69) is 21.9 Å². The van der Waals surface area contributed by atoms with Crippen LogP contribution in [0.3, 0.4) is 0 Å². The van der Waals surface area contributed by atoms with Crippen LogP contribution in [0.25, 0.3) is 0 Å². The van der Waals surface area contributed by atoms with Gasteiger partial charge in [-0.05, 0) is 13.8 Å². The van der Waals surface area contributed by atoms with Crippen LogP contribution in [0.15, 0.2) is 18.5 Å². The molecule has 5 heteroatoms. The molecule has 0 amide bonds. The third kappa shape index (κ3) is 4.16. The molecule has 1 heterocycles. The average Bonchev–Trinajstić information content (AvgIpc) is 2.23. The Morgan fingerprint density at radius 1 is 1.56 bits per heavy atom. The van der Waals surface area contributed by atoms with E-state index in [4.69, 9.17) is 16.3 Å². The Labute approximate surface area is 101 Å². The summed E-state index contributed by atoms with van der Waals surface area (Å²) in [4.78, 5) is 7.97. The molecule has 1 aromatic heterocycles. The van der Waals surface area contributed by atoms with Crippen molar-refractivity contribution in [3.8, 4) is 0 Å². The Morgan fingerprint density at radius 2 is 2.31 bits per heavy atom. The van der Waals surface area contributed by atoms with Gasteiger partial charge in [0.05, 0.1) is 13.2 Å². The minimum atomic E-state index is 0.473. The molecule has 0 radical (unpaired) electrons. The fourth-order valence-electron chi connectivity index (χ4n) is 1.09. The first-order valence-corrected chi connectivity index (χ1v) is 5.42. The fraction of sp³-hybridized carbons (Fsp3) is 0.455. The van der Waals surface area contributed by atoms with Crippen LogP contribution >= 0.6 is 11.6 Å². The molecule has 0 aliphatic heterocycles. The lowest BCUT2D eigenvalue weighted by molar-refractivity contribution is 0.167. The highest BCUT2D eigenvalue weighted by Gasteiger charge is 2.03. The number of rotatable bonds is 6. The lowest BCUT2D eigenvalue weighted by Crippen LogP contribution is -2.12. The van der Waals surface area contributed by atoms with Crippen LogP contribution in [0.4, 0.5) is 5.82 Å². The van der Waals surface area contributed by atoms with E-state index in [-0.39, 0.29) is 0 Å². The number of aromatic nitrogens is 2. The zero-order chi connectivity index (χ0) is 12.0. The van der Waals surface area contributed by atoms with Gasteiger partial charge in [0.1, 0.15) is 17.3 Å². The number of hydrogen-bond donors (Lipinski definition) is 1. The number of anilines is 1. The maximum absolute atomic E-state index is 5.86. The standard InChI is InChI=1S/C11H16ClN3O/c1-8(2)6-16-5-4-13-11-9(3)10(12)14-7-15-11/h7H,1,4-6H2,2-3H3,(H,13,14,15). The predicted molar refractivity (Wildman–Crippen MR) is 65.9 cm³/mol. The maximum atomic E-state index is 5.86. The summed E-state index contributed by atoms with van der Waals surface area (Å²) in [5, 5.41) is 3.61. The third-order valence-electron chi connectivity index (χ3n) is 1.91. The molecule has 0 unspecified atom stereocenters. The molecule has 0 aromatic carbocycles. The van der Waals surface area contributed by atoms with Crippen LogP contribution in [-0.2, 0) is 4.74 Å². The minimum absolute atomic E-state index is 0.473. The Balaban J connectivity index is 2.32. The van der Waals surface area contributed by atoms with Crippen molar-refractivity contribution >= 4 is 17.4 Å². The van der Waals surface area contributed by atoms with E-state index >= 15 is 0 Å². The summed E-state index contributed by atoms with van der Waals surface area (Å²) in [5.74, 6) is 0.749. The molecule has 88 valence electrons. The number of nitrogens with zero attached hydrogens (tertiary/aromatic N) is 2. The Kier molecular flexibility index (Phi) is 5.22. The van der Waals surface area contributed by atoms with Gasteiger partial charge in [0.15, 0.2) is 0 Å². The van der Waals surface area contributed by atoms with Gasteiger partial charge in [-0.2, -0.15) is 0 Å². The normalized spacial score (nSPS) is 10.2. The van der Waals surface area contributed by atoms with Gasteiger partial charge in [-0.15, -0.1) is 0 Å². The van der Waals surface area contributed by atoms with Crippen molar-refractivity contribution in [2.45, 2.75) is 13.8 Å². The van der Waals surface area contributed by atoms with Crippen LogP contribution in [0.5, 0.6) is 0 Å². The first kappa shape index (κ1) is 12.9. The molecule has 0 aliphatic carbocycles. The SMILES string of the molecule is C=C(C)COCCNc1ncnc(Cl)c1C.